The highest BCUT2D eigenvalue weighted by atomic mass is 32.2. The fraction of sp³-hybridized carbons (Fsp3) is 0.455. The molecule has 2 N–H and O–H groups in total. The summed E-state index contributed by atoms with van der Waals surface area (Å²) < 4.78 is 57.5. The van der Waals surface area contributed by atoms with E-state index in [1.54, 1.807) is 10.5 Å². The summed E-state index contributed by atoms with van der Waals surface area (Å²) in [6, 6.07) is 8.61. The third kappa shape index (κ3) is 4.90. The minimum atomic E-state index is -4.37. The monoisotopic (exact) mass is 482 g/mol. The van der Waals surface area contributed by atoms with Crippen molar-refractivity contribution in [1.29, 1.82) is 0 Å². The smallest absolute Gasteiger partial charge is 0.381 e. The lowest BCUT2D eigenvalue weighted by Crippen LogP contribution is -2.58. The summed E-state index contributed by atoms with van der Waals surface area (Å²) in [7, 11) is -1.54. The van der Waals surface area contributed by atoms with E-state index in [4.69, 9.17) is 10.5 Å². The molecule has 2 fully saturated rings. The molecule has 0 spiro atoms. The van der Waals surface area contributed by atoms with Crippen LogP contribution in [0.2, 0.25) is 0 Å². The topological polar surface area (TPSA) is 88.8 Å². The van der Waals surface area contributed by atoms with Crippen molar-refractivity contribution >= 4 is 22.7 Å². The van der Waals surface area contributed by atoms with Gasteiger partial charge in [-0.15, -0.1) is 0 Å². The number of primary amides is 1. The Hall–Kier alpha value is -2.50. The molecule has 1 unspecified atom stereocenters. The van der Waals surface area contributed by atoms with Gasteiger partial charge in [0, 0.05) is 51.2 Å². The molecule has 1 amide bonds. The second-order valence-electron chi connectivity index (χ2n) is 8.12. The Kier molecular flexibility index (Phi) is 6.73. The Morgan fingerprint density at radius 2 is 1.61 bits per heavy atom. The summed E-state index contributed by atoms with van der Waals surface area (Å²) in [5, 5.41) is 0. The lowest BCUT2D eigenvalue weighted by molar-refractivity contribution is -0.137. The number of ether oxygens (including phenoxy) is 1. The van der Waals surface area contributed by atoms with Gasteiger partial charge >= 0.3 is 6.18 Å². The van der Waals surface area contributed by atoms with Crippen molar-refractivity contribution in [3.05, 3.63) is 48.2 Å². The fourth-order valence-electron chi connectivity index (χ4n) is 4.13. The van der Waals surface area contributed by atoms with Gasteiger partial charge in [0.25, 0.3) is 0 Å². The number of halogens is 3. The fourth-order valence-corrected chi connectivity index (χ4v) is 5.81. The molecule has 178 valence electrons. The van der Waals surface area contributed by atoms with E-state index in [2.05, 4.69) is 4.98 Å². The lowest BCUT2D eigenvalue weighted by Gasteiger charge is -2.41. The van der Waals surface area contributed by atoms with E-state index < -0.39 is 33.4 Å². The first kappa shape index (κ1) is 23.7. The second-order valence-corrected chi connectivity index (χ2v) is 9.91. The van der Waals surface area contributed by atoms with E-state index in [9.17, 15) is 22.2 Å². The molecule has 0 aliphatic carbocycles. The van der Waals surface area contributed by atoms with Crippen molar-refractivity contribution in [3.63, 3.8) is 0 Å². The second kappa shape index (κ2) is 9.40. The average molecular weight is 483 g/mol. The molecule has 33 heavy (non-hydrogen) atoms. The Balaban J connectivity index is 1.39. The van der Waals surface area contributed by atoms with Crippen LogP contribution in [0, 0.1) is 0 Å². The number of piperazine rings is 1. The number of aromatic nitrogens is 1. The molecule has 1 atom stereocenters. The Labute approximate surface area is 192 Å². The van der Waals surface area contributed by atoms with Crippen molar-refractivity contribution in [1.82, 2.24) is 9.29 Å². The Morgan fingerprint density at radius 1 is 1.00 bits per heavy atom. The molecular formula is C22H25F3N4O3S. The molecule has 0 bridgehead atoms. The van der Waals surface area contributed by atoms with E-state index in [1.807, 2.05) is 17.0 Å². The highest BCUT2D eigenvalue weighted by Gasteiger charge is 2.47. The van der Waals surface area contributed by atoms with Gasteiger partial charge in [0.2, 0.25) is 5.91 Å². The van der Waals surface area contributed by atoms with Crippen LogP contribution >= 0.6 is 0 Å². The van der Waals surface area contributed by atoms with Crippen LogP contribution in [0.1, 0.15) is 18.4 Å². The van der Waals surface area contributed by atoms with Gasteiger partial charge in [0.05, 0.1) is 5.56 Å². The van der Waals surface area contributed by atoms with Crippen LogP contribution in [-0.4, -0.2) is 63.5 Å². The summed E-state index contributed by atoms with van der Waals surface area (Å²) in [5.41, 5.74) is 6.31. The molecule has 0 radical (unpaired) electrons. The number of rotatable bonds is 5. The summed E-state index contributed by atoms with van der Waals surface area (Å²) in [4.78, 5) is 18.7. The molecule has 11 heteroatoms. The SMILES string of the molecule is NC(=O)C1(S(=O)N2CCN(c3ccc(-c4ccc(C(F)(F)F)cc4)cn3)CC2)CCOCC1. The zero-order chi connectivity index (χ0) is 23.6. The molecular weight excluding hydrogens is 457 g/mol. The van der Waals surface area contributed by atoms with Gasteiger partial charge in [0.15, 0.2) is 0 Å². The van der Waals surface area contributed by atoms with Crippen LogP contribution in [0.4, 0.5) is 19.0 Å². The normalized spacial score (nSPS) is 20.4. The number of amides is 1. The van der Waals surface area contributed by atoms with Gasteiger partial charge < -0.3 is 15.4 Å². The zero-order valence-electron chi connectivity index (χ0n) is 17.9. The van der Waals surface area contributed by atoms with Crippen LogP contribution in [0.25, 0.3) is 11.1 Å². The minimum Gasteiger partial charge on any atom is -0.381 e. The first-order chi connectivity index (χ1) is 15.7. The van der Waals surface area contributed by atoms with Gasteiger partial charge in [-0.05, 0) is 42.7 Å². The number of nitrogens with zero attached hydrogens (tertiary/aromatic N) is 3. The number of hydrogen-bond donors (Lipinski definition) is 1. The average Bonchev–Trinajstić information content (AvgIpc) is 2.84. The van der Waals surface area contributed by atoms with E-state index in [1.165, 1.54) is 12.1 Å². The Morgan fingerprint density at radius 3 is 2.12 bits per heavy atom. The van der Waals surface area contributed by atoms with Crippen molar-refractivity contribution in [2.45, 2.75) is 23.8 Å². The standard InChI is InChI=1S/C22H25F3N4O3S/c23-22(24,25)18-4-1-16(2-5-18)17-3-6-19(27-15-17)28-9-11-29(12-10-28)33(31)21(20(26)30)7-13-32-14-8-21/h1-6,15H,7-14H2,(H2,26,30). The summed E-state index contributed by atoms with van der Waals surface area (Å²) in [6.07, 6.45) is -2.04. The predicted molar refractivity (Wildman–Crippen MR) is 119 cm³/mol. The van der Waals surface area contributed by atoms with Gasteiger partial charge in [-0.3, -0.25) is 4.79 Å². The predicted octanol–water partition coefficient (Wildman–Crippen LogP) is 2.59. The van der Waals surface area contributed by atoms with E-state index in [0.717, 1.165) is 23.5 Å². The number of anilines is 1. The number of nitrogens with two attached hydrogens (primary N) is 1. The van der Waals surface area contributed by atoms with Crippen molar-refractivity contribution < 1.29 is 26.9 Å². The minimum absolute atomic E-state index is 0.349. The molecule has 4 rings (SSSR count). The molecule has 0 saturated carbocycles. The molecule has 2 aliphatic rings. The van der Waals surface area contributed by atoms with Gasteiger partial charge in [-0.2, -0.15) is 13.2 Å². The third-order valence-corrected chi connectivity index (χ3v) is 8.29. The largest absolute Gasteiger partial charge is 0.416 e. The molecule has 2 saturated heterocycles. The zero-order valence-corrected chi connectivity index (χ0v) is 18.7. The quantitative estimate of drug-likeness (QED) is 0.708. The molecule has 7 nitrogen and oxygen atoms in total. The number of carbonyl (C=O) groups is 1. The van der Waals surface area contributed by atoms with Crippen LogP contribution in [-0.2, 0) is 26.7 Å². The van der Waals surface area contributed by atoms with Gasteiger partial charge in [-0.1, -0.05) is 12.1 Å². The van der Waals surface area contributed by atoms with Crippen LogP contribution in [0.5, 0.6) is 0 Å². The molecule has 3 heterocycles. The van der Waals surface area contributed by atoms with E-state index in [0.29, 0.717) is 57.8 Å². The summed E-state index contributed by atoms with van der Waals surface area (Å²) in [6.45, 7) is 2.86. The maximum absolute atomic E-state index is 13.2. The lowest BCUT2D eigenvalue weighted by atomic mass is 9.98. The first-order valence-corrected chi connectivity index (χ1v) is 11.7. The van der Waals surface area contributed by atoms with Crippen LogP contribution in [0.3, 0.4) is 0 Å². The first-order valence-electron chi connectivity index (χ1n) is 10.6. The van der Waals surface area contributed by atoms with Crippen molar-refractivity contribution in [3.8, 4) is 11.1 Å². The number of benzene rings is 1. The number of carbonyl (C=O) groups excluding carboxylic acids is 1. The summed E-state index contributed by atoms with van der Waals surface area (Å²) in [5.74, 6) is 0.179. The molecule has 1 aromatic heterocycles. The molecule has 1 aromatic carbocycles. The maximum Gasteiger partial charge on any atom is 0.416 e. The Bertz CT molecular complexity index is 1000. The summed E-state index contributed by atoms with van der Waals surface area (Å²) >= 11 is 0. The highest BCUT2D eigenvalue weighted by Crippen LogP contribution is 2.32. The van der Waals surface area contributed by atoms with Gasteiger partial charge in [0.1, 0.15) is 21.6 Å². The van der Waals surface area contributed by atoms with Crippen molar-refractivity contribution in [2.24, 2.45) is 5.73 Å². The number of pyridine rings is 1. The number of alkyl halides is 3. The third-order valence-electron chi connectivity index (χ3n) is 6.17. The molecule has 2 aliphatic heterocycles. The van der Waals surface area contributed by atoms with Gasteiger partial charge in [-0.25, -0.2) is 13.5 Å². The van der Waals surface area contributed by atoms with Crippen molar-refractivity contribution in [2.75, 3.05) is 44.3 Å². The van der Waals surface area contributed by atoms with E-state index in [-0.39, 0.29) is 0 Å². The molecule has 2 aromatic rings. The van der Waals surface area contributed by atoms with Crippen LogP contribution < -0.4 is 10.6 Å². The number of hydrogen-bond acceptors (Lipinski definition) is 5. The maximum atomic E-state index is 13.2. The van der Waals surface area contributed by atoms with E-state index >= 15 is 0 Å². The van der Waals surface area contributed by atoms with Crippen LogP contribution in [0.15, 0.2) is 42.6 Å². The highest BCUT2D eigenvalue weighted by molar-refractivity contribution is 7.85.